The first-order valence-corrected chi connectivity index (χ1v) is 13.1. The Balaban J connectivity index is 1.62. The average Bonchev–Trinajstić information content (AvgIpc) is 3.66. The third kappa shape index (κ3) is 6.96. The van der Waals surface area contributed by atoms with Gasteiger partial charge in [-0.2, -0.15) is 0 Å². The van der Waals surface area contributed by atoms with Gasteiger partial charge in [-0.3, -0.25) is 14.4 Å². The summed E-state index contributed by atoms with van der Waals surface area (Å²) < 4.78 is 11.2. The number of carbonyl (C=O) groups excluding carboxylic acids is 3. The molecule has 0 unspecified atom stereocenters. The second-order valence-corrected chi connectivity index (χ2v) is 9.63. The van der Waals surface area contributed by atoms with Gasteiger partial charge in [-0.25, -0.2) is 0 Å². The van der Waals surface area contributed by atoms with E-state index in [-0.39, 0.29) is 31.0 Å². The number of hydrogen-bond acceptors (Lipinski definition) is 6. The highest BCUT2D eigenvalue weighted by atomic mass is 32.1. The van der Waals surface area contributed by atoms with Crippen molar-refractivity contribution in [3.8, 4) is 5.75 Å². The second kappa shape index (κ2) is 13.0. The first-order chi connectivity index (χ1) is 18.1. The van der Waals surface area contributed by atoms with E-state index in [1.807, 2.05) is 54.6 Å². The lowest BCUT2D eigenvalue weighted by atomic mass is 10.0. The zero-order valence-electron chi connectivity index (χ0n) is 20.7. The van der Waals surface area contributed by atoms with Crippen LogP contribution >= 0.6 is 11.3 Å². The van der Waals surface area contributed by atoms with E-state index in [1.54, 1.807) is 24.6 Å². The average molecular weight is 522 g/mol. The SMILES string of the molecule is COc1ccccc1CN(C(=O)CNC(=O)c1cccs1)[C@H](C(=O)NC[C@@H]1CCCO1)c1ccccc1. The molecule has 1 saturated heterocycles. The molecular formula is C28H31N3O5S. The minimum absolute atomic E-state index is 0.0381. The van der Waals surface area contributed by atoms with E-state index < -0.39 is 11.9 Å². The van der Waals surface area contributed by atoms with Gasteiger partial charge in [0.15, 0.2) is 0 Å². The predicted octanol–water partition coefficient (Wildman–Crippen LogP) is 3.55. The second-order valence-electron chi connectivity index (χ2n) is 8.69. The molecule has 4 rings (SSSR count). The van der Waals surface area contributed by atoms with Crippen molar-refractivity contribution in [3.05, 3.63) is 88.1 Å². The van der Waals surface area contributed by atoms with Crippen LogP contribution in [0, 0.1) is 0 Å². The highest BCUT2D eigenvalue weighted by Crippen LogP contribution is 2.27. The smallest absolute Gasteiger partial charge is 0.261 e. The number of benzene rings is 2. The molecule has 8 nitrogen and oxygen atoms in total. The molecule has 3 aromatic rings. The fourth-order valence-corrected chi connectivity index (χ4v) is 4.96. The molecule has 0 aliphatic carbocycles. The summed E-state index contributed by atoms with van der Waals surface area (Å²) >= 11 is 1.30. The van der Waals surface area contributed by atoms with Crippen molar-refractivity contribution in [1.82, 2.24) is 15.5 Å². The number of methoxy groups -OCH3 is 1. The van der Waals surface area contributed by atoms with Crippen LogP contribution in [0.5, 0.6) is 5.75 Å². The van der Waals surface area contributed by atoms with Crippen molar-refractivity contribution in [2.45, 2.75) is 31.5 Å². The Morgan fingerprint density at radius 3 is 2.54 bits per heavy atom. The molecule has 1 aromatic heterocycles. The third-order valence-electron chi connectivity index (χ3n) is 6.20. The molecule has 2 heterocycles. The van der Waals surface area contributed by atoms with Crippen LogP contribution in [0.2, 0.25) is 0 Å². The number of nitrogens with one attached hydrogen (secondary N) is 2. The van der Waals surface area contributed by atoms with E-state index in [4.69, 9.17) is 9.47 Å². The molecule has 2 N–H and O–H groups in total. The fraction of sp³-hybridized carbons (Fsp3) is 0.321. The number of rotatable bonds is 11. The third-order valence-corrected chi connectivity index (χ3v) is 7.07. The van der Waals surface area contributed by atoms with Gasteiger partial charge in [0.2, 0.25) is 11.8 Å². The molecule has 2 aromatic carbocycles. The minimum Gasteiger partial charge on any atom is -0.496 e. The minimum atomic E-state index is -0.918. The molecule has 0 radical (unpaired) electrons. The summed E-state index contributed by atoms with van der Waals surface area (Å²) in [5.74, 6) is -0.430. The van der Waals surface area contributed by atoms with E-state index in [2.05, 4.69) is 10.6 Å². The molecule has 0 saturated carbocycles. The lowest BCUT2D eigenvalue weighted by Gasteiger charge is -2.32. The molecule has 1 aliphatic heterocycles. The van der Waals surface area contributed by atoms with Crippen LogP contribution in [0.4, 0.5) is 0 Å². The van der Waals surface area contributed by atoms with Gasteiger partial charge in [-0.1, -0.05) is 54.6 Å². The Labute approximate surface area is 220 Å². The van der Waals surface area contributed by atoms with Crippen molar-refractivity contribution in [2.24, 2.45) is 0 Å². The zero-order valence-corrected chi connectivity index (χ0v) is 21.5. The van der Waals surface area contributed by atoms with Crippen LogP contribution in [0.25, 0.3) is 0 Å². The zero-order chi connectivity index (χ0) is 26.0. The monoisotopic (exact) mass is 521 g/mol. The van der Waals surface area contributed by atoms with Gasteiger partial charge in [-0.15, -0.1) is 11.3 Å². The molecule has 3 amide bonds. The normalized spacial score (nSPS) is 15.5. The lowest BCUT2D eigenvalue weighted by molar-refractivity contribution is -0.141. The lowest BCUT2D eigenvalue weighted by Crippen LogP contribution is -2.48. The highest BCUT2D eigenvalue weighted by molar-refractivity contribution is 7.12. The van der Waals surface area contributed by atoms with Crippen molar-refractivity contribution in [3.63, 3.8) is 0 Å². The van der Waals surface area contributed by atoms with Gasteiger partial charge in [0, 0.05) is 18.7 Å². The summed E-state index contributed by atoms with van der Waals surface area (Å²) in [7, 11) is 1.56. The number of nitrogens with zero attached hydrogens (tertiary/aromatic N) is 1. The topological polar surface area (TPSA) is 97.0 Å². The summed E-state index contributed by atoms with van der Waals surface area (Å²) in [4.78, 5) is 41.8. The number of ether oxygens (including phenoxy) is 2. The molecule has 0 bridgehead atoms. The summed E-state index contributed by atoms with van der Waals surface area (Å²) in [6.07, 6.45) is 1.81. The fourth-order valence-electron chi connectivity index (χ4n) is 4.32. The van der Waals surface area contributed by atoms with Crippen LogP contribution in [0.3, 0.4) is 0 Å². The van der Waals surface area contributed by atoms with E-state index in [0.717, 1.165) is 18.4 Å². The molecule has 9 heteroatoms. The summed E-state index contributed by atoms with van der Waals surface area (Å²) in [6, 6.07) is 19.1. The standard InChI is InChI=1S/C28H31N3O5S/c1-35-23-13-6-5-11-21(23)19-31(25(32)18-30-27(33)24-14-8-16-37-24)26(20-9-3-2-4-10-20)28(34)29-17-22-12-7-15-36-22/h2-6,8-11,13-14,16,22,26H,7,12,15,17-19H2,1H3,(H,29,34)(H,30,33)/t22-,26-/m0/s1. The number of thiophene rings is 1. The number of carbonyl (C=O) groups is 3. The first kappa shape index (κ1) is 26.4. The number of para-hydroxylation sites is 1. The van der Waals surface area contributed by atoms with Gasteiger partial charge in [0.05, 0.1) is 31.2 Å². The van der Waals surface area contributed by atoms with Crippen LogP contribution in [0.15, 0.2) is 72.1 Å². The van der Waals surface area contributed by atoms with Crippen LogP contribution in [-0.2, 0) is 20.9 Å². The van der Waals surface area contributed by atoms with Crippen molar-refractivity contribution in [1.29, 1.82) is 0 Å². The molecule has 0 spiro atoms. The van der Waals surface area contributed by atoms with Gasteiger partial charge in [0.25, 0.3) is 5.91 Å². The van der Waals surface area contributed by atoms with Gasteiger partial charge >= 0.3 is 0 Å². The maximum absolute atomic E-state index is 13.7. The van der Waals surface area contributed by atoms with Crippen molar-refractivity contribution < 1.29 is 23.9 Å². The maximum Gasteiger partial charge on any atom is 0.261 e. The first-order valence-electron chi connectivity index (χ1n) is 12.2. The molecular weight excluding hydrogens is 490 g/mol. The largest absolute Gasteiger partial charge is 0.496 e. The van der Waals surface area contributed by atoms with E-state index in [0.29, 0.717) is 29.3 Å². The maximum atomic E-state index is 13.7. The highest BCUT2D eigenvalue weighted by Gasteiger charge is 2.33. The Morgan fingerprint density at radius 1 is 1.05 bits per heavy atom. The van der Waals surface area contributed by atoms with Gasteiger partial charge in [0.1, 0.15) is 11.8 Å². The molecule has 37 heavy (non-hydrogen) atoms. The van der Waals surface area contributed by atoms with E-state index in [9.17, 15) is 14.4 Å². The molecule has 2 atom stereocenters. The summed E-state index contributed by atoms with van der Waals surface area (Å²) in [5, 5.41) is 7.48. The Kier molecular flexibility index (Phi) is 9.29. The van der Waals surface area contributed by atoms with Gasteiger partial charge in [-0.05, 0) is 35.9 Å². The molecule has 1 aliphatic rings. The number of amides is 3. The molecule has 194 valence electrons. The Morgan fingerprint density at radius 2 is 1.84 bits per heavy atom. The predicted molar refractivity (Wildman–Crippen MR) is 141 cm³/mol. The van der Waals surface area contributed by atoms with Crippen molar-refractivity contribution >= 4 is 29.1 Å². The van der Waals surface area contributed by atoms with Crippen LogP contribution in [0.1, 0.15) is 39.7 Å². The van der Waals surface area contributed by atoms with Crippen LogP contribution in [-0.4, -0.2) is 55.5 Å². The summed E-state index contributed by atoms with van der Waals surface area (Å²) in [5.41, 5.74) is 1.41. The molecule has 1 fully saturated rings. The Bertz CT molecular complexity index is 1180. The summed E-state index contributed by atoms with van der Waals surface area (Å²) in [6.45, 7) is 0.915. The van der Waals surface area contributed by atoms with Crippen LogP contribution < -0.4 is 15.4 Å². The van der Waals surface area contributed by atoms with Gasteiger partial charge < -0.3 is 25.0 Å². The quantitative estimate of drug-likeness (QED) is 0.402. The van der Waals surface area contributed by atoms with E-state index in [1.165, 1.54) is 16.2 Å². The van der Waals surface area contributed by atoms with Crippen molar-refractivity contribution in [2.75, 3.05) is 26.8 Å². The number of hydrogen-bond donors (Lipinski definition) is 2. The van der Waals surface area contributed by atoms with E-state index >= 15 is 0 Å². The Hall–Kier alpha value is -3.69.